The van der Waals surface area contributed by atoms with Crippen LogP contribution in [0.3, 0.4) is 0 Å². The molecule has 1 saturated heterocycles. The molecule has 7 heteroatoms. The minimum absolute atomic E-state index is 0. The van der Waals surface area contributed by atoms with E-state index in [1.807, 2.05) is 12.1 Å². The Hall–Kier alpha value is -1.06. The van der Waals surface area contributed by atoms with Crippen molar-refractivity contribution >= 4 is 29.9 Å². The van der Waals surface area contributed by atoms with Crippen LogP contribution in [-0.4, -0.2) is 76.4 Å². The van der Waals surface area contributed by atoms with Gasteiger partial charge in [0.2, 0.25) is 0 Å². The van der Waals surface area contributed by atoms with E-state index in [2.05, 4.69) is 48.3 Å². The first-order chi connectivity index (χ1) is 13.1. The van der Waals surface area contributed by atoms with Crippen LogP contribution in [0.25, 0.3) is 0 Å². The maximum Gasteiger partial charge on any atom is 0.194 e. The van der Waals surface area contributed by atoms with Crippen LogP contribution in [0.2, 0.25) is 0 Å². The third-order valence-electron chi connectivity index (χ3n) is 4.68. The molecule has 1 atom stereocenters. The number of hydrogen-bond acceptors (Lipinski definition) is 4. The monoisotopic (exact) mass is 504 g/mol. The largest absolute Gasteiger partial charge is 0.494 e. The molecule has 6 nitrogen and oxygen atoms in total. The van der Waals surface area contributed by atoms with Crippen molar-refractivity contribution in [2.45, 2.75) is 26.3 Å². The Morgan fingerprint density at radius 3 is 2.68 bits per heavy atom. The smallest absolute Gasteiger partial charge is 0.194 e. The molecule has 1 aliphatic rings. The quantitative estimate of drug-likeness (QED) is 0.230. The second-order valence-electron chi connectivity index (χ2n) is 7.38. The highest BCUT2D eigenvalue weighted by molar-refractivity contribution is 14.0. The fourth-order valence-electron chi connectivity index (χ4n) is 3.25. The lowest BCUT2D eigenvalue weighted by atomic mass is 10.1. The molecular weight excluding hydrogens is 467 g/mol. The molecule has 1 aliphatic heterocycles. The van der Waals surface area contributed by atoms with Gasteiger partial charge in [-0.2, -0.15) is 0 Å². The summed E-state index contributed by atoms with van der Waals surface area (Å²) in [6, 6.07) is 8.29. The molecule has 0 aliphatic carbocycles. The molecule has 1 aromatic rings. The fourth-order valence-corrected chi connectivity index (χ4v) is 3.25. The van der Waals surface area contributed by atoms with Crippen molar-refractivity contribution in [3.8, 4) is 5.75 Å². The number of halogens is 1. The van der Waals surface area contributed by atoms with Gasteiger partial charge >= 0.3 is 0 Å². The van der Waals surface area contributed by atoms with Gasteiger partial charge in [-0.05, 0) is 51.6 Å². The summed E-state index contributed by atoms with van der Waals surface area (Å²) in [5.41, 5.74) is 1.19. The molecule has 0 bridgehead atoms. The number of rotatable bonds is 10. The van der Waals surface area contributed by atoms with E-state index in [0.717, 1.165) is 63.9 Å². The van der Waals surface area contributed by atoms with Crippen molar-refractivity contribution in [1.82, 2.24) is 15.1 Å². The fraction of sp³-hybridized carbons (Fsp3) is 0.667. The second-order valence-corrected chi connectivity index (χ2v) is 7.38. The SMILES string of the molecule is CCNC(=NCc1ccc(OCCCN(C)C)cc1)N1CCC(COC)C1.I. The molecule has 1 aromatic carbocycles. The highest BCUT2D eigenvalue weighted by Gasteiger charge is 2.24. The van der Waals surface area contributed by atoms with Gasteiger partial charge in [0.25, 0.3) is 0 Å². The average molecular weight is 504 g/mol. The third kappa shape index (κ3) is 8.96. The Morgan fingerprint density at radius 1 is 1.29 bits per heavy atom. The van der Waals surface area contributed by atoms with E-state index in [1.54, 1.807) is 7.11 Å². The zero-order chi connectivity index (χ0) is 19.5. The zero-order valence-corrected chi connectivity index (χ0v) is 20.1. The van der Waals surface area contributed by atoms with Crippen molar-refractivity contribution in [2.24, 2.45) is 10.9 Å². The number of nitrogens with zero attached hydrogens (tertiary/aromatic N) is 3. The maximum absolute atomic E-state index is 5.80. The first-order valence-electron chi connectivity index (χ1n) is 10.0. The van der Waals surface area contributed by atoms with Crippen LogP contribution < -0.4 is 10.1 Å². The number of ether oxygens (including phenoxy) is 2. The topological polar surface area (TPSA) is 49.3 Å². The van der Waals surface area contributed by atoms with Gasteiger partial charge in [0.1, 0.15) is 5.75 Å². The summed E-state index contributed by atoms with van der Waals surface area (Å²) >= 11 is 0. The Labute approximate surface area is 187 Å². The van der Waals surface area contributed by atoms with Crippen molar-refractivity contribution < 1.29 is 9.47 Å². The summed E-state index contributed by atoms with van der Waals surface area (Å²) in [6.45, 7) is 8.34. The van der Waals surface area contributed by atoms with Crippen LogP contribution in [0.1, 0.15) is 25.3 Å². The molecule has 0 spiro atoms. The molecule has 160 valence electrons. The number of aliphatic imine (C=N–C) groups is 1. The predicted octanol–water partition coefficient (Wildman–Crippen LogP) is 3.07. The van der Waals surface area contributed by atoms with E-state index < -0.39 is 0 Å². The van der Waals surface area contributed by atoms with Crippen molar-refractivity contribution in [3.63, 3.8) is 0 Å². The molecule has 0 radical (unpaired) electrons. The van der Waals surface area contributed by atoms with E-state index in [0.29, 0.717) is 12.5 Å². The van der Waals surface area contributed by atoms with Crippen LogP contribution >= 0.6 is 24.0 Å². The van der Waals surface area contributed by atoms with Gasteiger partial charge in [-0.1, -0.05) is 12.1 Å². The van der Waals surface area contributed by atoms with Crippen LogP contribution in [0, 0.1) is 5.92 Å². The number of hydrogen-bond donors (Lipinski definition) is 1. The lowest BCUT2D eigenvalue weighted by molar-refractivity contribution is 0.157. The summed E-state index contributed by atoms with van der Waals surface area (Å²) in [5, 5.41) is 3.42. The van der Waals surface area contributed by atoms with E-state index in [-0.39, 0.29) is 24.0 Å². The lowest BCUT2D eigenvalue weighted by Gasteiger charge is -2.21. The van der Waals surface area contributed by atoms with Gasteiger partial charge in [0, 0.05) is 39.2 Å². The van der Waals surface area contributed by atoms with Crippen LogP contribution in [0.5, 0.6) is 5.75 Å². The maximum atomic E-state index is 5.80. The van der Waals surface area contributed by atoms with Crippen LogP contribution in [0.15, 0.2) is 29.3 Å². The van der Waals surface area contributed by atoms with Gasteiger partial charge in [-0.25, -0.2) is 4.99 Å². The molecular formula is C21H37IN4O2. The zero-order valence-electron chi connectivity index (χ0n) is 17.8. The summed E-state index contributed by atoms with van der Waals surface area (Å²) in [4.78, 5) is 9.34. The minimum Gasteiger partial charge on any atom is -0.494 e. The molecule has 0 aromatic heterocycles. The predicted molar refractivity (Wildman–Crippen MR) is 127 cm³/mol. The summed E-state index contributed by atoms with van der Waals surface area (Å²) < 4.78 is 11.1. The molecule has 1 heterocycles. The molecule has 2 rings (SSSR count). The van der Waals surface area contributed by atoms with Crippen LogP contribution in [-0.2, 0) is 11.3 Å². The molecule has 28 heavy (non-hydrogen) atoms. The highest BCUT2D eigenvalue weighted by atomic mass is 127. The standard InChI is InChI=1S/C21H36N4O2.HI/c1-5-22-21(25-13-11-19(16-25)17-26-4)23-15-18-7-9-20(10-8-18)27-14-6-12-24(2)3;/h7-10,19H,5-6,11-17H2,1-4H3,(H,22,23);1H. The summed E-state index contributed by atoms with van der Waals surface area (Å²) in [7, 11) is 5.94. The van der Waals surface area contributed by atoms with Gasteiger partial charge in [0.05, 0.1) is 19.8 Å². The van der Waals surface area contributed by atoms with Gasteiger partial charge in [0.15, 0.2) is 5.96 Å². The first kappa shape index (κ1) is 25.0. The van der Waals surface area contributed by atoms with Crippen molar-refractivity contribution in [3.05, 3.63) is 29.8 Å². The molecule has 0 amide bonds. The number of benzene rings is 1. The second kappa shape index (κ2) is 14.0. The number of guanidine groups is 1. The third-order valence-corrected chi connectivity index (χ3v) is 4.68. The number of likely N-dealkylation sites (tertiary alicyclic amines) is 1. The molecule has 0 saturated carbocycles. The van der Waals surface area contributed by atoms with E-state index >= 15 is 0 Å². The van der Waals surface area contributed by atoms with Gasteiger partial charge in [-0.15, -0.1) is 24.0 Å². The molecule has 1 N–H and O–H groups in total. The molecule has 1 fully saturated rings. The van der Waals surface area contributed by atoms with Crippen molar-refractivity contribution in [1.29, 1.82) is 0 Å². The lowest BCUT2D eigenvalue weighted by Crippen LogP contribution is -2.40. The van der Waals surface area contributed by atoms with Crippen LogP contribution in [0.4, 0.5) is 0 Å². The van der Waals surface area contributed by atoms with Gasteiger partial charge in [-0.3, -0.25) is 0 Å². The number of nitrogens with one attached hydrogen (secondary N) is 1. The average Bonchev–Trinajstić information content (AvgIpc) is 3.12. The van der Waals surface area contributed by atoms with Crippen molar-refractivity contribution in [2.75, 3.05) is 60.6 Å². The first-order valence-corrected chi connectivity index (χ1v) is 10.0. The highest BCUT2D eigenvalue weighted by Crippen LogP contribution is 2.17. The number of methoxy groups -OCH3 is 1. The Morgan fingerprint density at radius 2 is 2.04 bits per heavy atom. The van der Waals surface area contributed by atoms with E-state index in [9.17, 15) is 0 Å². The summed E-state index contributed by atoms with van der Waals surface area (Å²) in [6.07, 6.45) is 2.20. The minimum atomic E-state index is 0. The summed E-state index contributed by atoms with van der Waals surface area (Å²) in [5.74, 6) is 2.53. The normalized spacial score (nSPS) is 17.0. The van der Waals surface area contributed by atoms with E-state index in [1.165, 1.54) is 5.56 Å². The Balaban J connectivity index is 0.00000392. The Kier molecular flexibility index (Phi) is 12.5. The van der Waals surface area contributed by atoms with Gasteiger partial charge < -0.3 is 24.6 Å². The van der Waals surface area contributed by atoms with E-state index in [4.69, 9.17) is 14.5 Å². The Bertz CT molecular complexity index is 566. The molecule has 1 unspecified atom stereocenters.